The number of fused-ring (bicyclic) bond motifs is 1. The minimum absolute atomic E-state index is 0.533. The monoisotopic (exact) mass is 135 g/mol. The molecular weight excluding hydrogens is 130 g/mol. The second-order valence-electron chi connectivity index (χ2n) is 2.05. The summed E-state index contributed by atoms with van der Waals surface area (Å²) >= 11 is 0. The summed E-state index contributed by atoms with van der Waals surface area (Å²) in [6.07, 6.45) is 3.55. The largest absolute Gasteiger partial charge is 0.273 e. The summed E-state index contributed by atoms with van der Waals surface area (Å²) in [5.41, 5.74) is 1.04. The van der Waals surface area contributed by atoms with Gasteiger partial charge in [-0.2, -0.15) is 4.52 Å². The van der Waals surface area contributed by atoms with Crippen LogP contribution in [-0.4, -0.2) is 25.0 Å². The molecule has 5 heteroatoms. The summed E-state index contributed by atoms with van der Waals surface area (Å²) < 4.78 is 1.54. The molecule has 0 aliphatic rings. The molecule has 0 saturated heterocycles. The van der Waals surface area contributed by atoms with Crippen LogP contribution in [0.2, 0.25) is 0 Å². The Balaban J connectivity index is 2.86. The molecule has 0 N–H and O–H groups in total. The van der Waals surface area contributed by atoms with Crippen molar-refractivity contribution >= 4 is 5.78 Å². The predicted octanol–water partition coefficient (Wildman–Crippen LogP) is -0.172. The van der Waals surface area contributed by atoms with Crippen molar-refractivity contribution in [3.8, 4) is 0 Å². The van der Waals surface area contributed by atoms with Gasteiger partial charge in [0.1, 0.15) is 0 Å². The van der Waals surface area contributed by atoms with Crippen LogP contribution in [0, 0.1) is 6.92 Å². The fourth-order valence-corrected chi connectivity index (χ4v) is 0.743. The first kappa shape index (κ1) is 5.28. The van der Waals surface area contributed by atoms with Gasteiger partial charge in [-0.25, -0.2) is 4.98 Å². The molecule has 2 rings (SSSR count). The summed E-state index contributed by atoms with van der Waals surface area (Å²) in [7, 11) is 0. The average molecular weight is 135 g/mol. The SMILES string of the molecule is Cc1cnc2nnnn2c1. The maximum atomic E-state index is 3.97. The third-order valence-corrected chi connectivity index (χ3v) is 1.19. The lowest BCUT2D eigenvalue weighted by Crippen LogP contribution is -1.90. The third-order valence-electron chi connectivity index (χ3n) is 1.19. The quantitative estimate of drug-likeness (QED) is 0.503. The molecule has 0 fully saturated rings. The molecule has 10 heavy (non-hydrogen) atoms. The Bertz CT molecular complexity index is 352. The molecule has 0 aliphatic heterocycles. The minimum Gasteiger partial charge on any atom is -0.218 e. The molecule has 2 aromatic rings. The standard InChI is InChI=1S/C5H5N5/c1-4-2-6-5-7-8-9-10(5)3-4/h2-3H,1H3. The smallest absolute Gasteiger partial charge is 0.218 e. The third kappa shape index (κ3) is 0.637. The Morgan fingerprint density at radius 2 is 2.40 bits per heavy atom. The Hall–Kier alpha value is -1.52. The van der Waals surface area contributed by atoms with E-state index in [1.165, 1.54) is 4.52 Å². The molecule has 0 unspecified atom stereocenters. The molecule has 2 aromatic heterocycles. The van der Waals surface area contributed by atoms with Crippen molar-refractivity contribution in [2.24, 2.45) is 0 Å². The maximum Gasteiger partial charge on any atom is 0.273 e. The molecule has 0 bridgehead atoms. The van der Waals surface area contributed by atoms with E-state index in [1.54, 1.807) is 6.20 Å². The van der Waals surface area contributed by atoms with Crippen molar-refractivity contribution in [2.45, 2.75) is 6.92 Å². The molecule has 0 aromatic carbocycles. The van der Waals surface area contributed by atoms with Gasteiger partial charge in [0.25, 0.3) is 5.78 Å². The lowest BCUT2D eigenvalue weighted by Gasteiger charge is -1.88. The first-order valence-corrected chi connectivity index (χ1v) is 2.86. The molecule has 0 saturated carbocycles. The van der Waals surface area contributed by atoms with Crippen molar-refractivity contribution in [2.75, 3.05) is 0 Å². The molecule has 5 nitrogen and oxygen atoms in total. The highest BCUT2D eigenvalue weighted by atomic mass is 15.5. The second-order valence-corrected chi connectivity index (χ2v) is 2.05. The molecule has 0 spiro atoms. The zero-order chi connectivity index (χ0) is 6.97. The Labute approximate surface area is 56.7 Å². The van der Waals surface area contributed by atoms with Gasteiger partial charge in [0.15, 0.2) is 0 Å². The highest BCUT2D eigenvalue weighted by molar-refractivity contribution is 5.23. The zero-order valence-corrected chi connectivity index (χ0v) is 5.39. The van der Waals surface area contributed by atoms with E-state index in [4.69, 9.17) is 0 Å². The van der Waals surface area contributed by atoms with Crippen LogP contribution in [0.25, 0.3) is 5.78 Å². The summed E-state index contributed by atoms with van der Waals surface area (Å²) in [6, 6.07) is 0. The van der Waals surface area contributed by atoms with Crippen LogP contribution in [-0.2, 0) is 0 Å². The molecular formula is C5H5N5. The van der Waals surface area contributed by atoms with Crippen LogP contribution in [0.15, 0.2) is 12.4 Å². The van der Waals surface area contributed by atoms with E-state index < -0.39 is 0 Å². The van der Waals surface area contributed by atoms with Gasteiger partial charge in [-0.1, -0.05) is 5.10 Å². The first-order valence-electron chi connectivity index (χ1n) is 2.86. The first-order chi connectivity index (χ1) is 4.86. The summed E-state index contributed by atoms with van der Waals surface area (Å²) in [5.74, 6) is 0.533. The highest BCUT2D eigenvalue weighted by Gasteiger charge is 1.94. The summed E-state index contributed by atoms with van der Waals surface area (Å²) in [6.45, 7) is 1.94. The van der Waals surface area contributed by atoms with E-state index in [0.717, 1.165) is 5.56 Å². The highest BCUT2D eigenvalue weighted by Crippen LogP contribution is 1.93. The maximum absolute atomic E-state index is 3.97. The van der Waals surface area contributed by atoms with E-state index in [2.05, 4.69) is 20.5 Å². The fourth-order valence-electron chi connectivity index (χ4n) is 0.743. The molecule has 0 radical (unpaired) electrons. The molecule has 0 amide bonds. The van der Waals surface area contributed by atoms with E-state index in [-0.39, 0.29) is 0 Å². The lowest BCUT2D eigenvalue weighted by molar-refractivity contribution is 0.817. The minimum atomic E-state index is 0.533. The summed E-state index contributed by atoms with van der Waals surface area (Å²) in [4.78, 5) is 3.97. The normalized spacial score (nSPS) is 10.5. The number of hydrogen-bond acceptors (Lipinski definition) is 4. The van der Waals surface area contributed by atoms with Crippen LogP contribution in [0.3, 0.4) is 0 Å². The number of nitrogens with zero attached hydrogens (tertiary/aromatic N) is 5. The van der Waals surface area contributed by atoms with Crippen LogP contribution in [0.5, 0.6) is 0 Å². The topological polar surface area (TPSA) is 56.0 Å². The number of rotatable bonds is 0. The zero-order valence-electron chi connectivity index (χ0n) is 5.39. The van der Waals surface area contributed by atoms with Crippen molar-refractivity contribution in [1.29, 1.82) is 0 Å². The van der Waals surface area contributed by atoms with Crippen molar-refractivity contribution in [3.05, 3.63) is 18.0 Å². The summed E-state index contributed by atoms with van der Waals surface area (Å²) in [5, 5.41) is 10.8. The van der Waals surface area contributed by atoms with E-state index >= 15 is 0 Å². The molecule has 0 atom stereocenters. The van der Waals surface area contributed by atoms with Gasteiger partial charge in [0.2, 0.25) is 0 Å². The second kappa shape index (κ2) is 1.73. The van der Waals surface area contributed by atoms with Gasteiger partial charge in [-0.3, -0.25) is 0 Å². The molecule has 50 valence electrons. The van der Waals surface area contributed by atoms with Crippen LogP contribution < -0.4 is 0 Å². The van der Waals surface area contributed by atoms with Crippen molar-refractivity contribution < 1.29 is 0 Å². The van der Waals surface area contributed by atoms with Gasteiger partial charge in [0.05, 0.1) is 0 Å². The van der Waals surface area contributed by atoms with E-state index in [1.807, 2.05) is 13.1 Å². The fraction of sp³-hybridized carbons (Fsp3) is 0.200. The van der Waals surface area contributed by atoms with Gasteiger partial charge in [-0.15, -0.1) is 0 Å². The van der Waals surface area contributed by atoms with Gasteiger partial charge in [0, 0.05) is 12.4 Å². The Morgan fingerprint density at radius 1 is 1.50 bits per heavy atom. The molecule has 0 aliphatic carbocycles. The average Bonchev–Trinajstić information content (AvgIpc) is 2.33. The Kier molecular flexibility index (Phi) is 0.913. The van der Waals surface area contributed by atoms with Crippen LogP contribution in [0.1, 0.15) is 5.56 Å². The lowest BCUT2D eigenvalue weighted by atomic mass is 10.4. The van der Waals surface area contributed by atoms with E-state index in [0.29, 0.717) is 5.78 Å². The number of aryl methyl sites for hydroxylation is 1. The Morgan fingerprint density at radius 3 is 3.30 bits per heavy atom. The number of tetrazole rings is 1. The molecule has 2 heterocycles. The number of hydrogen-bond donors (Lipinski definition) is 0. The van der Waals surface area contributed by atoms with E-state index in [9.17, 15) is 0 Å². The van der Waals surface area contributed by atoms with Crippen molar-refractivity contribution in [3.63, 3.8) is 0 Å². The van der Waals surface area contributed by atoms with Gasteiger partial charge >= 0.3 is 0 Å². The van der Waals surface area contributed by atoms with Gasteiger partial charge < -0.3 is 0 Å². The van der Waals surface area contributed by atoms with Crippen LogP contribution >= 0.6 is 0 Å². The van der Waals surface area contributed by atoms with Gasteiger partial charge in [-0.05, 0) is 22.9 Å². The van der Waals surface area contributed by atoms with Crippen molar-refractivity contribution in [1.82, 2.24) is 25.0 Å². The number of aromatic nitrogens is 5. The van der Waals surface area contributed by atoms with Crippen LogP contribution in [0.4, 0.5) is 0 Å². The predicted molar refractivity (Wildman–Crippen MR) is 33.3 cm³/mol.